The first kappa shape index (κ1) is 8.31. The fourth-order valence-electron chi connectivity index (χ4n) is 1.17. The minimum atomic E-state index is 0.574. The van der Waals surface area contributed by atoms with Gasteiger partial charge < -0.3 is 4.74 Å². The van der Waals surface area contributed by atoms with E-state index in [2.05, 4.69) is 10.3 Å². The summed E-state index contributed by atoms with van der Waals surface area (Å²) < 4.78 is 6.33. The molecule has 13 heavy (non-hydrogen) atoms. The highest BCUT2D eigenvalue weighted by molar-refractivity contribution is 6.13. The Morgan fingerprint density at radius 3 is 3.15 bits per heavy atom. The first-order chi connectivity index (χ1) is 6.29. The van der Waals surface area contributed by atoms with E-state index in [9.17, 15) is 0 Å². The summed E-state index contributed by atoms with van der Waals surface area (Å²) in [5, 5.41) is 7.64. The van der Waals surface area contributed by atoms with E-state index in [1.807, 2.05) is 18.2 Å². The Kier molecular flexibility index (Phi) is 2.06. The van der Waals surface area contributed by atoms with Crippen LogP contribution in [0.3, 0.4) is 0 Å². The molecule has 68 valence electrons. The molecule has 1 heterocycles. The smallest absolute Gasteiger partial charge is 0.121 e. The monoisotopic (exact) mass is 197 g/mol. The van der Waals surface area contributed by atoms with Crippen molar-refractivity contribution in [3.8, 4) is 5.75 Å². The third-order valence-corrected chi connectivity index (χ3v) is 2.03. The summed E-state index contributed by atoms with van der Waals surface area (Å²) in [7, 11) is 1.62. The Hall–Kier alpha value is -1.29. The Morgan fingerprint density at radius 2 is 2.38 bits per heavy atom. The fraction of sp³-hybridized carbons (Fsp3) is 0.250. The predicted octanol–water partition coefficient (Wildman–Crippen LogP) is 2.66. The molecule has 1 aliphatic rings. The van der Waals surface area contributed by atoms with Gasteiger partial charge in [0.15, 0.2) is 0 Å². The molecule has 2 rings (SSSR count). The lowest BCUT2D eigenvalue weighted by atomic mass is 10.1. The largest absolute Gasteiger partial charge is 0.497 e. The average molecular weight is 198 g/mol. The first-order valence-corrected chi connectivity index (χ1v) is 4.15. The van der Waals surface area contributed by atoms with Gasteiger partial charge in [0, 0.05) is 23.4 Å². The molecule has 0 saturated heterocycles. The number of hydrogen-bond donors (Lipinski definition) is 0. The molecule has 1 aromatic rings. The van der Waals surface area contributed by atoms with Crippen molar-refractivity contribution in [3.63, 3.8) is 0 Å². The molecule has 0 fully saturated rings. The summed E-state index contributed by atoms with van der Waals surface area (Å²) in [4.78, 5) is 0. The van der Waals surface area contributed by atoms with Gasteiger partial charge in [-0.15, -0.1) is 5.11 Å². The van der Waals surface area contributed by atoms with Gasteiger partial charge in [-0.2, -0.15) is 4.53 Å². The van der Waals surface area contributed by atoms with Crippen molar-refractivity contribution >= 4 is 17.5 Å². The van der Waals surface area contributed by atoms with Crippen molar-refractivity contribution in [2.24, 2.45) is 10.3 Å². The maximum Gasteiger partial charge on any atom is 0.121 e. The van der Waals surface area contributed by atoms with E-state index < -0.39 is 0 Å². The van der Waals surface area contributed by atoms with E-state index in [-0.39, 0.29) is 0 Å². The summed E-state index contributed by atoms with van der Waals surface area (Å²) in [6, 6.07) is 5.65. The minimum absolute atomic E-state index is 0.574. The van der Waals surface area contributed by atoms with E-state index in [1.165, 1.54) is 4.53 Å². The van der Waals surface area contributed by atoms with Gasteiger partial charge in [0.25, 0.3) is 0 Å². The first-order valence-electron chi connectivity index (χ1n) is 3.81. The van der Waals surface area contributed by atoms with Gasteiger partial charge in [-0.3, -0.25) is 0 Å². The van der Waals surface area contributed by atoms with Crippen LogP contribution in [0.5, 0.6) is 5.75 Å². The Labute approximate surface area is 80.9 Å². The van der Waals surface area contributed by atoms with Crippen LogP contribution >= 0.6 is 11.8 Å². The van der Waals surface area contributed by atoms with Crippen LogP contribution in [0.4, 0.5) is 5.69 Å². The lowest BCUT2D eigenvalue weighted by Gasteiger charge is -2.15. The summed E-state index contributed by atoms with van der Waals surface area (Å²) in [6.45, 7) is 0.574. The van der Waals surface area contributed by atoms with E-state index in [1.54, 1.807) is 7.11 Å². The van der Waals surface area contributed by atoms with Crippen LogP contribution in [0.2, 0.25) is 0 Å². The molecule has 0 radical (unpaired) electrons. The minimum Gasteiger partial charge on any atom is -0.497 e. The van der Waals surface area contributed by atoms with Crippen molar-refractivity contribution in [3.05, 3.63) is 23.8 Å². The predicted molar refractivity (Wildman–Crippen MR) is 48.9 cm³/mol. The normalized spacial score (nSPS) is 14.2. The lowest BCUT2D eigenvalue weighted by Crippen LogP contribution is -2.06. The molecule has 0 bridgehead atoms. The summed E-state index contributed by atoms with van der Waals surface area (Å²) in [5.74, 6) is 0.778. The number of rotatable bonds is 1. The second kappa shape index (κ2) is 3.22. The molecule has 4 nitrogen and oxygen atoms in total. The molecule has 0 atom stereocenters. The number of benzene rings is 1. The van der Waals surface area contributed by atoms with E-state index in [0.717, 1.165) is 17.0 Å². The van der Waals surface area contributed by atoms with Crippen molar-refractivity contribution in [1.29, 1.82) is 0 Å². The molecule has 0 aromatic heterocycles. The second-order valence-corrected chi connectivity index (χ2v) is 3.07. The summed E-state index contributed by atoms with van der Waals surface area (Å²) in [6.07, 6.45) is 0. The molecule has 1 aromatic carbocycles. The zero-order valence-electron chi connectivity index (χ0n) is 7.07. The number of halogens is 1. The van der Waals surface area contributed by atoms with Crippen LogP contribution in [0.15, 0.2) is 28.5 Å². The van der Waals surface area contributed by atoms with Gasteiger partial charge in [-0.1, -0.05) is 11.3 Å². The van der Waals surface area contributed by atoms with Crippen molar-refractivity contribution in [2.45, 2.75) is 6.54 Å². The number of ether oxygens (including phenoxy) is 1. The zero-order chi connectivity index (χ0) is 9.26. The van der Waals surface area contributed by atoms with Crippen molar-refractivity contribution in [1.82, 2.24) is 4.53 Å². The van der Waals surface area contributed by atoms with Crippen LogP contribution < -0.4 is 4.74 Å². The highest BCUT2D eigenvalue weighted by Crippen LogP contribution is 2.30. The molecule has 0 aliphatic carbocycles. The molecule has 5 heteroatoms. The van der Waals surface area contributed by atoms with Crippen LogP contribution in [-0.2, 0) is 6.54 Å². The zero-order valence-corrected chi connectivity index (χ0v) is 7.82. The maximum absolute atomic E-state index is 5.66. The molecule has 0 saturated carbocycles. The molecular formula is C8H8ClN3O. The number of hydrogen-bond acceptors (Lipinski definition) is 4. The van der Waals surface area contributed by atoms with Crippen molar-refractivity contribution < 1.29 is 4.74 Å². The van der Waals surface area contributed by atoms with Gasteiger partial charge in [-0.25, -0.2) is 0 Å². The molecule has 0 spiro atoms. The summed E-state index contributed by atoms with van der Waals surface area (Å²) >= 11 is 5.66. The highest BCUT2D eigenvalue weighted by Gasteiger charge is 2.11. The number of nitrogens with zero attached hydrogens (tertiary/aromatic N) is 3. The van der Waals surface area contributed by atoms with Crippen molar-refractivity contribution in [2.75, 3.05) is 7.11 Å². The average Bonchev–Trinajstić information content (AvgIpc) is 2.17. The van der Waals surface area contributed by atoms with Crippen LogP contribution in [0.1, 0.15) is 5.56 Å². The van der Waals surface area contributed by atoms with E-state index in [4.69, 9.17) is 16.5 Å². The van der Waals surface area contributed by atoms with E-state index in [0.29, 0.717) is 6.54 Å². The third-order valence-electron chi connectivity index (χ3n) is 1.84. The van der Waals surface area contributed by atoms with Gasteiger partial charge in [0.05, 0.1) is 19.3 Å². The lowest BCUT2D eigenvalue weighted by molar-refractivity contribution is 0.410. The number of methoxy groups -OCH3 is 1. The fourth-order valence-corrected chi connectivity index (χ4v) is 1.33. The number of fused-ring (bicyclic) bond motifs is 1. The maximum atomic E-state index is 5.66. The molecule has 0 unspecified atom stereocenters. The van der Waals surface area contributed by atoms with Crippen LogP contribution in [0, 0.1) is 0 Å². The Bertz CT molecular complexity index is 353. The Morgan fingerprint density at radius 1 is 1.54 bits per heavy atom. The van der Waals surface area contributed by atoms with Gasteiger partial charge >= 0.3 is 0 Å². The van der Waals surface area contributed by atoms with Gasteiger partial charge in [0.2, 0.25) is 0 Å². The van der Waals surface area contributed by atoms with E-state index >= 15 is 0 Å². The van der Waals surface area contributed by atoms with Crippen LogP contribution in [-0.4, -0.2) is 11.6 Å². The third kappa shape index (κ3) is 1.58. The highest BCUT2D eigenvalue weighted by atomic mass is 35.5. The molecule has 0 N–H and O–H groups in total. The SMILES string of the molecule is COc1ccc2c(c1)N=NN(Cl)C2. The Balaban J connectivity index is 2.40. The second-order valence-electron chi connectivity index (χ2n) is 2.68. The van der Waals surface area contributed by atoms with Gasteiger partial charge in [0.1, 0.15) is 5.75 Å². The quantitative estimate of drug-likeness (QED) is 0.649. The standard InChI is InChI=1S/C8H8ClN3O/c1-13-7-3-2-6-5-12(9)11-10-8(6)4-7/h2-4H,5H2,1H3. The molecule has 1 aliphatic heterocycles. The summed E-state index contributed by atoms with van der Waals surface area (Å²) in [5.41, 5.74) is 1.86. The van der Waals surface area contributed by atoms with Gasteiger partial charge in [-0.05, 0) is 6.07 Å². The van der Waals surface area contributed by atoms with Crippen LogP contribution in [0.25, 0.3) is 0 Å². The topological polar surface area (TPSA) is 37.2 Å². The molecular weight excluding hydrogens is 190 g/mol. The molecule has 0 amide bonds.